The van der Waals surface area contributed by atoms with Crippen molar-refractivity contribution in [3.8, 4) is 6.07 Å². The lowest BCUT2D eigenvalue weighted by molar-refractivity contribution is 0.173. The number of sulfone groups is 1. The van der Waals surface area contributed by atoms with E-state index in [0.29, 0.717) is 18.0 Å². The summed E-state index contributed by atoms with van der Waals surface area (Å²) in [6, 6.07) is 8.28. The molecule has 0 bridgehead atoms. The summed E-state index contributed by atoms with van der Waals surface area (Å²) >= 11 is 0. The van der Waals surface area contributed by atoms with Gasteiger partial charge in [0.2, 0.25) is 0 Å². The maximum atomic E-state index is 12.3. The summed E-state index contributed by atoms with van der Waals surface area (Å²) in [4.78, 5) is 2.44. The van der Waals surface area contributed by atoms with Crippen molar-refractivity contribution < 1.29 is 8.42 Å². The van der Waals surface area contributed by atoms with Gasteiger partial charge in [-0.2, -0.15) is 5.26 Å². The number of hydrogen-bond acceptors (Lipinski definition) is 5. The van der Waals surface area contributed by atoms with Gasteiger partial charge in [0, 0.05) is 19.1 Å². The highest BCUT2D eigenvalue weighted by molar-refractivity contribution is 7.91. The Morgan fingerprint density at radius 2 is 2.05 bits per heavy atom. The number of likely N-dealkylation sites (tertiary alicyclic amines) is 1. The number of hydrogen-bond donors (Lipinski definition) is 1. The van der Waals surface area contributed by atoms with E-state index in [4.69, 9.17) is 11.0 Å². The summed E-state index contributed by atoms with van der Waals surface area (Å²) < 4.78 is 24.6. The van der Waals surface area contributed by atoms with Crippen molar-refractivity contribution in [2.24, 2.45) is 11.7 Å². The fourth-order valence-corrected chi connectivity index (χ4v) is 3.84. The van der Waals surface area contributed by atoms with Crippen LogP contribution in [0.15, 0.2) is 29.2 Å². The van der Waals surface area contributed by atoms with Crippen molar-refractivity contribution in [2.45, 2.75) is 24.3 Å². The topological polar surface area (TPSA) is 87.2 Å². The van der Waals surface area contributed by atoms with E-state index < -0.39 is 9.84 Å². The summed E-state index contributed by atoms with van der Waals surface area (Å²) in [5.74, 6) is 0.497. The molecule has 0 aliphatic carbocycles. The van der Waals surface area contributed by atoms with E-state index in [1.807, 2.05) is 6.07 Å². The zero-order chi connectivity index (χ0) is 15.5. The highest BCUT2D eigenvalue weighted by Crippen LogP contribution is 2.16. The Morgan fingerprint density at radius 3 is 2.62 bits per heavy atom. The number of nitrogens with zero attached hydrogens (tertiary/aromatic N) is 2. The molecular weight excluding hydrogens is 286 g/mol. The average molecular weight is 307 g/mol. The molecule has 1 heterocycles. The molecule has 0 aromatic heterocycles. The lowest BCUT2D eigenvalue weighted by Gasteiger charge is -2.34. The van der Waals surface area contributed by atoms with Gasteiger partial charge in [0.15, 0.2) is 9.84 Å². The first kappa shape index (κ1) is 16.0. The van der Waals surface area contributed by atoms with Gasteiger partial charge in [0.05, 0.1) is 22.3 Å². The second-order valence-corrected chi connectivity index (χ2v) is 7.79. The Balaban J connectivity index is 1.96. The molecule has 1 aromatic rings. The average Bonchev–Trinajstić information content (AvgIpc) is 2.48. The zero-order valence-electron chi connectivity index (χ0n) is 12.2. The van der Waals surface area contributed by atoms with Crippen LogP contribution in [-0.2, 0) is 9.84 Å². The molecule has 1 aliphatic heterocycles. The number of piperidine rings is 1. The van der Waals surface area contributed by atoms with Gasteiger partial charge >= 0.3 is 0 Å². The van der Waals surface area contributed by atoms with Crippen molar-refractivity contribution in [1.29, 1.82) is 5.26 Å². The maximum Gasteiger partial charge on any atom is 0.179 e. The Morgan fingerprint density at radius 1 is 1.38 bits per heavy atom. The van der Waals surface area contributed by atoms with Crippen LogP contribution in [0.3, 0.4) is 0 Å². The third-order valence-corrected chi connectivity index (χ3v) is 5.78. The molecule has 1 fully saturated rings. The first-order chi connectivity index (χ1) is 9.92. The van der Waals surface area contributed by atoms with E-state index in [9.17, 15) is 8.42 Å². The lowest BCUT2D eigenvalue weighted by Crippen LogP contribution is -2.47. The van der Waals surface area contributed by atoms with Crippen LogP contribution in [0.25, 0.3) is 0 Å². The molecular formula is C15H21N3O2S. The molecule has 0 radical (unpaired) electrons. The first-order valence-corrected chi connectivity index (χ1v) is 8.78. The largest absolute Gasteiger partial charge is 0.327 e. The molecule has 2 N–H and O–H groups in total. The van der Waals surface area contributed by atoms with Crippen LogP contribution >= 0.6 is 0 Å². The second kappa shape index (κ2) is 6.56. The highest BCUT2D eigenvalue weighted by Gasteiger charge is 2.24. The number of rotatable bonds is 4. The van der Waals surface area contributed by atoms with Gasteiger partial charge in [-0.1, -0.05) is 6.92 Å². The van der Waals surface area contributed by atoms with Crippen molar-refractivity contribution in [1.82, 2.24) is 4.90 Å². The number of benzene rings is 1. The molecule has 2 unspecified atom stereocenters. The van der Waals surface area contributed by atoms with Gasteiger partial charge in [0.25, 0.3) is 0 Å². The third-order valence-electron chi connectivity index (χ3n) is 4.07. The van der Waals surface area contributed by atoms with Gasteiger partial charge in [0.1, 0.15) is 0 Å². The smallest absolute Gasteiger partial charge is 0.179 e. The van der Waals surface area contributed by atoms with E-state index >= 15 is 0 Å². The summed E-state index contributed by atoms with van der Waals surface area (Å²) in [6.07, 6.45) is 0.915. The summed E-state index contributed by atoms with van der Waals surface area (Å²) in [5.41, 5.74) is 6.44. The van der Waals surface area contributed by atoms with Crippen molar-refractivity contribution in [2.75, 3.05) is 25.4 Å². The lowest BCUT2D eigenvalue weighted by atomic mass is 9.95. The predicted octanol–water partition coefficient (Wildman–Crippen LogP) is 1.00. The SMILES string of the molecule is CC1CN(CCS(=O)(=O)c2ccc(C#N)cc2)CCC1N. The molecule has 2 rings (SSSR count). The molecule has 5 nitrogen and oxygen atoms in total. The minimum atomic E-state index is -3.30. The van der Waals surface area contributed by atoms with Crippen LogP contribution in [-0.4, -0.2) is 44.7 Å². The predicted molar refractivity (Wildman–Crippen MR) is 81.4 cm³/mol. The van der Waals surface area contributed by atoms with E-state index in [2.05, 4.69) is 11.8 Å². The van der Waals surface area contributed by atoms with Gasteiger partial charge in [-0.3, -0.25) is 0 Å². The van der Waals surface area contributed by atoms with Crippen LogP contribution in [0, 0.1) is 17.2 Å². The normalized spacial score (nSPS) is 23.7. The summed E-state index contributed by atoms with van der Waals surface area (Å²) in [5, 5.41) is 8.73. The van der Waals surface area contributed by atoms with E-state index in [-0.39, 0.29) is 16.7 Å². The molecule has 6 heteroatoms. The molecule has 1 saturated heterocycles. The molecule has 0 spiro atoms. The van der Waals surface area contributed by atoms with Crippen LogP contribution in [0.1, 0.15) is 18.9 Å². The van der Waals surface area contributed by atoms with E-state index in [1.54, 1.807) is 0 Å². The monoisotopic (exact) mass is 307 g/mol. The van der Waals surface area contributed by atoms with Crippen molar-refractivity contribution in [3.63, 3.8) is 0 Å². The standard InChI is InChI=1S/C15H21N3O2S/c1-12-11-18(7-6-15(12)17)8-9-21(19,20)14-4-2-13(10-16)3-5-14/h2-5,12,15H,6-9,11,17H2,1H3. The minimum absolute atomic E-state index is 0.0981. The molecule has 2 atom stereocenters. The second-order valence-electron chi connectivity index (χ2n) is 5.69. The Kier molecular flexibility index (Phi) is 4.99. The van der Waals surface area contributed by atoms with Gasteiger partial charge in [-0.15, -0.1) is 0 Å². The molecule has 0 saturated carbocycles. The van der Waals surface area contributed by atoms with E-state index in [1.165, 1.54) is 24.3 Å². The molecule has 114 valence electrons. The van der Waals surface area contributed by atoms with Gasteiger partial charge in [-0.05, 0) is 43.1 Å². The fraction of sp³-hybridized carbons (Fsp3) is 0.533. The first-order valence-electron chi connectivity index (χ1n) is 7.13. The van der Waals surface area contributed by atoms with Crippen LogP contribution < -0.4 is 5.73 Å². The number of nitrogens with two attached hydrogens (primary N) is 1. The summed E-state index contributed by atoms with van der Waals surface area (Å²) in [7, 11) is -3.30. The Labute approximate surface area is 126 Å². The van der Waals surface area contributed by atoms with Crippen LogP contribution in [0.4, 0.5) is 0 Å². The highest BCUT2D eigenvalue weighted by atomic mass is 32.2. The molecule has 1 aromatic carbocycles. The fourth-order valence-electron chi connectivity index (χ4n) is 2.56. The zero-order valence-corrected chi connectivity index (χ0v) is 13.0. The molecule has 21 heavy (non-hydrogen) atoms. The van der Waals surface area contributed by atoms with Crippen LogP contribution in [0.2, 0.25) is 0 Å². The van der Waals surface area contributed by atoms with Crippen molar-refractivity contribution >= 4 is 9.84 Å². The minimum Gasteiger partial charge on any atom is -0.327 e. The maximum absolute atomic E-state index is 12.3. The Hall–Kier alpha value is -1.42. The summed E-state index contributed by atoms with van der Waals surface area (Å²) in [6.45, 7) is 4.34. The quantitative estimate of drug-likeness (QED) is 0.896. The Bertz CT molecular complexity index is 619. The van der Waals surface area contributed by atoms with Crippen molar-refractivity contribution in [3.05, 3.63) is 29.8 Å². The van der Waals surface area contributed by atoms with E-state index in [0.717, 1.165) is 19.5 Å². The van der Waals surface area contributed by atoms with Crippen LogP contribution in [0.5, 0.6) is 0 Å². The molecule has 1 aliphatic rings. The number of nitriles is 1. The third kappa shape index (κ3) is 4.03. The van der Waals surface area contributed by atoms with Gasteiger partial charge in [-0.25, -0.2) is 8.42 Å². The van der Waals surface area contributed by atoms with Gasteiger partial charge < -0.3 is 10.6 Å². The molecule has 0 amide bonds.